The van der Waals surface area contributed by atoms with Crippen molar-refractivity contribution in [2.75, 3.05) is 4.90 Å². The lowest BCUT2D eigenvalue weighted by Crippen LogP contribution is -2.28. The van der Waals surface area contributed by atoms with E-state index in [1.165, 1.54) is 0 Å². The van der Waals surface area contributed by atoms with E-state index in [1.54, 1.807) is 49.2 Å². The zero-order chi connectivity index (χ0) is 27.2. The van der Waals surface area contributed by atoms with Gasteiger partial charge < -0.3 is 9.67 Å². The molecule has 190 valence electrons. The van der Waals surface area contributed by atoms with Gasteiger partial charge in [0, 0.05) is 24.0 Å². The topological polar surface area (TPSA) is 112 Å². The Labute approximate surface area is 220 Å². The summed E-state index contributed by atoms with van der Waals surface area (Å²) < 4.78 is 2.04. The number of carboxylic acids is 1. The van der Waals surface area contributed by atoms with Crippen LogP contribution in [0.3, 0.4) is 0 Å². The summed E-state index contributed by atoms with van der Waals surface area (Å²) in [5.41, 5.74) is 3.24. The number of benzene rings is 2. The molecule has 8 heteroatoms. The summed E-state index contributed by atoms with van der Waals surface area (Å²) in [4.78, 5) is 36.1. The molecule has 0 atom stereocenters. The Morgan fingerprint density at radius 2 is 1.89 bits per heavy atom. The monoisotopic (exact) mass is 505 g/mol. The van der Waals surface area contributed by atoms with E-state index in [4.69, 9.17) is 4.98 Å². The number of nitriles is 1. The van der Waals surface area contributed by atoms with Crippen LogP contribution in [0, 0.1) is 11.3 Å². The Kier molecular flexibility index (Phi) is 6.08. The van der Waals surface area contributed by atoms with E-state index in [9.17, 15) is 20.0 Å². The largest absolute Gasteiger partial charge is 0.481 e. The molecule has 0 bridgehead atoms. The normalized spacial score (nSPS) is 13.1. The van der Waals surface area contributed by atoms with Crippen LogP contribution in [0.25, 0.3) is 22.6 Å². The summed E-state index contributed by atoms with van der Waals surface area (Å²) in [7, 11) is 0. The van der Waals surface area contributed by atoms with Crippen LogP contribution in [-0.2, 0) is 16.8 Å². The molecular weight excluding hydrogens is 478 g/mol. The number of carboxylic acid groups (broad SMARTS) is 1. The van der Waals surface area contributed by atoms with Crippen molar-refractivity contribution in [3.63, 3.8) is 0 Å². The molecule has 0 radical (unpaired) electrons. The first-order valence-electron chi connectivity index (χ1n) is 12.3. The van der Waals surface area contributed by atoms with E-state index in [1.807, 2.05) is 41.1 Å². The Morgan fingerprint density at radius 3 is 2.61 bits per heavy atom. The molecule has 0 fully saturated rings. The molecule has 1 amide bonds. The standard InChI is InChI=1S/C30H27N5O3/c1-18(2)34-13-12-32-27(34)25-6-5-7-26(33-25)35-17-20-9-8-19(15-24(20)28(35)36)23-11-10-22(14-21(23)16-31)30(3,4)29(37)38/h5-15,18H,17H2,1-4H3,(H,37,38). The van der Waals surface area contributed by atoms with Gasteiger partial charge >= 0.3 is 5.97 Å². The fourth-order valence-electron chi connectivity index (χ4n) is 4.68. The van der Waals surface area contributed by atoms with Gasteiger partial charge in [0.25, 0.3) is 5.91 Å². The maximum absolute atomic E-state index is 13.5. The molecular formula is C30H27N5O3. The molecule has 3 heterocycles. The van der Waals surface area contributed by atoms with Crippen LogP contribution in [0.5, 0.6) is 0 Å². The first-order valence-corrected chi connectivity index (χ1v) is 12.3. The molecule has 2 aromatic heterocycles. The van der Waals surface area contributed by atoms with Crippen molar-refractivity contribution in [3.8, 4) is 28.7 Å². The second-order valence-corrected chi connectivity index (χ2v) is 10.2. The number of imidazole rings is 1. The van der Waals surface area contributed by atoms with Crippen LogP contribution in [0.4, 0.5) is 5.82 Å². The molecule has 1 aliphatic rings. The lowest BCUT2D eigenvalue weighted by Gasteiger charge is -2.20. The minimum absolute atomic E-state index is 0.166. The molecule has 1 aliphatic heterocycles. The number of aromatic nitrogens is 3. The number of pyridine rings is 1. The summed E-state index contributed by atoms with van der Waals surface area (Å²) in [6.07, 6.45) is 3.66. The van der Waals surface area contributed by atoms with Gasteiger partial charge in [0.15, 0.2) is 5.82 Å². The van der Waals surface area contributed by atoms with Gasteiger partial charge in [0.1, 0.15) is 11.5 Å². The molecule has 0 spiro atoms. The van der Waals surface area contributed by atoms with Crippen LogP contribution in [-0.4, -0.2) is 31.5 Å². The molecule has 5 rings (SSSR count). The van der Waals surface area contributed by atoms with E-state index in [0.717, 1.165) is 17.0 Å². The number of carbonyl (C=O) groups excluding carboxylic acids is 1. The fraction of sp³-hybridized carbons (Fsp3) is 0.233. The van der Waals surface area contributed by atoms with E-state index in [-0.39, 0.29) is 11.9 Å². The Bertz CT molecular complexity index is 1630. The third kappa shape index (κ3) is 4.12. The summed E-state index contributed by atoms with van der Waals surface area (Å²) in [6.45, 7) is 7.75. The second kappa shape index (κ2) is 9.27. The van der Waals surface area contributed by atoms with Gasteiger partial charge in [-0.25, -0.2) is 9.97 Å². The summed E-state index contributed by atoms with van der Waals surface area (Å²) in [5.74, 6) is 0.150. The van der Waals surface area contributed by atoms with Crippen molar-refractivity contribution < 1.29 is 14.7 Å². The lowest BCUT2D eigenvalue weighted by atomic mass is 9.82. The zero-order valence-corrected chi connectivity index (χ0v) is 21.6. The van der Waals surface area contributed by atoms with E-state index < -0.39 is 11.4 Å². The van der Waals surface area contributed by atoms with Gasteiger partial charge in [0.05, 0.1) is 23.6 Å². The summed E-state index contributed by atoms with van der Waals surface area (Å²) in [6, 6.07) is 18.6. The molecule has 8 nitrogen and oxygen atoms in total. The molecule has 1 N–H and O–H groups in total. The molecule has 0 saturated carbocycles. The number of aliphatic carboxylic acids is 1. The first-order chi connectivity index (χ1) is 18.1. The minimum Gasteiger partial charge on any atom is -0.481 e. The van der Waals surface area contributed by atoms with Crippen LogP contribution in [0.2, 0.25) is 0 Å². The van der Waals surface area contributed by atoms with Gasteiger partial charge in [-0.05, 0) is 74.2 Å². The molecule has 2 aromatic carbocycles. The second-order valence-electron chi connectivity index (χ2n) is 10.2. The number of hydrogen-bond acceptors (Lipinski definition) is 5. The van der Waals surface area contributed by atoms with Gasteiger partial charge in [-0.2, -0.15) is 5.26 Å². The van der Waals surface area contributed by atoms with E-state index in [2.05, 4.69) is 24.9 Å². The van der Waals surface area contributed by atoms with Gasteiger partial charge in [-0.15, -0.1) is 0 Å². The number of anilines is 1. The van der Waals surface area contributed by atoms with Gasteiger partial charge in [-0.3, -0.25) is 14.5 Å². The Morgan fingerprint density at radius 1 is 1.11 bits per heavy atom. The number of fused-ring (bicyclic) bond motifs is 1. The van der Waals surface area contributed by atoms with Crippen LogP contribution in [0.1, 0.15) is 60.8 Å². The molecule has 4 aromatic rings. The molecule has 38 heavy (non-hydrogen) atoms. The first kappa shape index (κ1) is 24.9. The molecule has 0 unspecified atom stereocenters. The summed E-state index contributed by atoms with van der Waals surface area (Å²) in [5, 5.41) is 19.4. The quantitative estimate of drug-likeness (QED) is 0.366. The smallest absolute Gasteiger partial charge is 0.313 e. The average molecular weight is 506 g/mol. The number of hydrogen-bond donors (Lipinski definition) is 1. The SMILES string of the molecule is CC(C)n1ccnc1-c1cccc(N2Cc3ccc(-c4ccc(C(C)(C)C(=O)O)cc4C#N)cc3C2=O)n1. The lowest BCUT2D eigenvalue weighted by molar-refractivity contribution is -0.142. The summed E-state index contributed by atoms with van der Waals surface area (Å²) >= 11 is 0. The minimum atomic E-state index is -1.13. The highest BCUT2D eigenvalue weighted by molar-refractivity contribution is 6.10. The van der Waals surface area contributed by atoms with Crippen molar-refractivity contribution in [2.24, 2.45) is 0 Å². The highest BCUT2D eigenvalue weighted by atomic mass is 16.4. The highest BCUT2D eigenvalue weighted by Gasteiger charge is 2.32. The Hall–Kier alpha value is -4.77. The molecule has 0 aliphatic carbocycles. The van der Waals surface area contributed by atoms with E-state index >= 15 is 0 Å². The maximum atomic E-state index is 13.5. The maximum Gasteiger partial charge on any atom is 0.313 e. The third-order valence-corrected chi connectivity index (χ3v) is 7.09. The van der Waals surface area contributed by atoms with Crippen molar-refractivity contribution in [2.45, 2.75) is 45.7 Å². The fourth-order valence-corrected chi connectivity index (χ4v) is 4.68. The van der Waals surface area contributed by atoms with Crippen molar-refractivity contribution in [1.82, 2.24) is 14.5 Å². The zero-order valence-electron chi connectivity index (χ0n) is 21.6. The number of carbonyl (C=O) groups is 2. The van der Waals surface area contributed by atoms with Crippen molar-refractivity contribution in [3.05, 3.63) is 89.2 Å². The molecule has 0 saturated heterocycles. The van der Waals surface area contributed by atoms with E-state index in [0.29, 0.717) is 40.3 Å². The predicted molar refractivity (Wildman–Crippen MR) is 144 cm³/mol. The van der Waals surface area contributed by atoms with Gasteiger partial charge in [-0.1, -0.05) is 30.3 Å². The predicted octanol–water partition coefficient (Wildman–Crippen LogP) is 5.59. The van der Waals surface area contributed by atoms with Crippen LogP contribution >= 0.6 is 0 Å². The van der Waals surface area contributed by atoms with Crippen LogP contribution < -0.4 is 4.90 Å². The Balaban J connectivity index is 1.48. The number of amides is 1. The van der Waals surface area contributed by atoms with Crippen molar-refractivity contribution >= 4 is 17.7 Å². The van der Waals surface area contributed by atoms with Crippen molar-refractivity contribution in [1.29, 1.82) is 5.26 Å². The average Bonchev–Trinajstić information content (AvgIpc) is 3.53. The highest BCUT2D eigenvalue weighted by Crippen LogP contribution is 2.34. The number of nitrogens with zero attached hydrogens (tertiary/aromatic N) is 5. The third-order valence-electron chi connectivity index (χ3n) is 7.09. The van der Waals surface area contributed by atoms with Gasteiger partial charge in [0.2, 0.25) is 0 Å². The van der Waals surface area contributed by atoms with Crippen LogP contribution in [0.15, 0.2) is 67.0 Å². The number of rotatable bonds is 6.